The fourth-order valence-corrected chi connectivity index (χ4v) is 5.65. The largest absolute Gasteiger partial charge is 0.493 e. The maximum atomic E-state index is 14.0. The normalized spacial score (nSPS) is 12.5. The predicted octanol–water partition coefficient (Wildman–Crippen LogP) is 4.83. The summed E-state index contributed by atoms with van der Waals surface area (Å²) in [4.78, 5) is 10.5. The van der Waals surface area contributed by atoms with Crippen LogP contribution in [0.2, 0.25) is 0 Å². The third kappa shape index (κ3) is 7.54. The fraction of sp³-hybridized carbons (Fsp3) is 0.357. The minimum atomic E-state index is -4.12. The molecule has 0 saturated heterocycles. The molecule has 0 fully saturated rings. The van der Waals surface area contributed by atoms with Crippen LogP contribution < -0.4 is 9.47 Å². The first kappa shape index (κ1) is 30.0. The molecule has 0 aliphatic rings. The molecule has 3 rings (SSSR count). The maximum absolute atomic E-state index is 14.0. The summed E-state index contributed by atoms with van der Waals surface area (Å²) in [7, 11) is -1.03. The average molecular weight is 559 g/mol. The van der Waals surface area contributed by atoms with Gasteiger partial charge in [0.15, 0.2) is 17.8 Å². The molecule has 3 aromatic rings. The highest BCUT2D eigenvalue weighted by molar-refractivity contribution is 7.89. The molecule has 0 bridgehead atoms. The van der Waals surface area contributed by atoms with E-state index in [1.807, 2.05) is 42.5 Å². The quantitative estimate of drug-likeness (QED) is 0.148. The van der Waals surface area contributed by atoms with Gasteiger partial charge in [-0.1, -0.05) is 36.4 Å². The van der Waals surface area contributed by atoms with Gasteiger partial charge in [-0.15, -0.1) is 0 Å². The van der Waals surface area contributed by atoms with Crippen molar-refractivity contribution in [1.82, 2.24) is 4.31 Å². The molecule has 210 valence electrons. The van der Waals surface area contributed by atoms with Gasteiger partial charge >= 0.3 is 0 Å². The molecule has 39 heavy (non-hydrogen) atoms. The zero-order valence-corrected chi connectivity index (χ0v) is 23.3. The number of nitrogens with zero attached hydrogens (tertiary/aromatic N) is 2. The number of nitro benzene ring substituents is 1. The van der Waals surface area contributed by atoms with Crippen LogP contribution in [0.3, 0.4) is 0 Å². The second-order valence-electron chi connectivity index (χ2n) is 8.49. The molecule has 0 aromatic heterocycles. The van der Waals surface area contributed by atoms with Crippen molar-refractivity contribution in [3.05, 3.63) is 94.0 Å². The minimum absolute atomic E-state index is 0.0372. The summed E-state index contributed by atoms with van der Waals surface area (Å²) in [5.41, 5.74) is 1.50. The van der Waals surface area contributed by atoms with Gasteiger partial charge in [0.2, 0.25) is 10.0 Å². The molecule has 0 heterocycles. The third-order valence-corrected chi connectivity index (χ3v) is 7.99. The number of non-ortho nitro benzene ring substituents is 1. The SMILES string of the molecule is CCOC(CN(C[C@@H](c1ccccc1)c1ccc(OC)c(OC)c1)S(=O)(=O)c1ccc([N+](=O)[O-])cc1)OCC. The molecule has 0 aliphatic heterocycles. The van der Waals surface area contributed by atoms with Crippen molar-refractivity contribution in [1.29, 1.82) is 0 Å². The van der Waals surface area contributed by atoms with Crippen LogP contribution in [0.15, 0.2) is 77.7 Å². The number of rotatable bonds is 15. The Hall–Kier alpha value is -3.51. The number of hydrogen-bond acceptors (Lipinski definition) is 8. The molecule has 3 aromatic carbocycles. The lowest BCUT2D eigenvalue weighted by atomic mass is 9.91. The Balaban J connectivity index is 2.11. The van der Waals surface area contributed by atoms with Crippen LogP contribution in [0.1, 0.15) is 30.9 Å². The van der Waals surface area contributed by atoms with E-state index < -0.39 is 27.2 Å². The molecule has 0 N–H and O–H groups in total. The Labute approximate surface area is 229 Å². The van der Waals surface area contributed by atoms with Crippen LogP contribution in [0.4, 0.5) is 5.69 Å². The fourth-order valence-electron chi connectivity index (χ4n) is 4.21. The zero-order chi connectivity index (χ0) is 28.4. The van der Waals surface area contributed by atoms with Gasteiger partial charge in [0.05, 0.1) is 30.6 Å². The number of sulfonamides is 1. The first-order chi connectivity index (χ1) is 18.7. The Kier molecular flexibility index (Phi) is 10.8. The molecule has 0 aliphatic carbocycles. The van der Waals surface area contributed by atoms with E-state index in [1.165, 1.54) is 28.6 Å². The van der Waals surface area contributed by atoms with E-state index in [1.54, 1.807) is 34.1 Å². The van der Waals surface area contributed by atoms with Crippen LogP contribution in [-0.4, -0.2) is 64.5 Å². The summed E-state index contributed by atoms with van der Waals surface area (Å²) in [6.45, 7) is 4.21. The lowest BCUT2D eigenvalue weighted by Crippen LogP contribution is -2.42. The maximum Gasteiger partial charge on any atom is 0.269 e. The number of ether oxygens (including phenoxy) is 4. The number of hydrogen-bond donors (Lipinski definition) is 0. The molecular weight excluding hydrogens is 524 g/mol. The van der Waals surface area contributed by atoms with E-state index >= 15 is 0 Å². The van der Waals surface area contributed by atoms with Crippen LogP contribution in [0.25, 0.3) is 0 Å². The minimum Gasteiger partial charge on any atom is -0.493 e. The van der Waals surface area contributed by atoms with E-state index in [0.717, 1.165) is 11.1 Å². The van der Waals surface area contributed by atoms with Crippen molar-refractivity contribution < 1.29 is 32.3 Å². The summed E-state index contributed by atoms with van der Waals surface area (Å²) < 4.78 is 51.6. The van der Waals surface area contributed by atoms with Crippen molar-refractivity contribution >= 4 is 15.7 Å². The smallest absolute Gasteiger partial charge is 0.269 e. The zero-order valence-electron chi connectivity index (χ0n) is 22.5. The Morgan fingerprint density at radius 3 is 1.97 bits per heavy atom. The first-order valence-corrected chi connectivity index (χ1v) is 13.9. The number of benzene rings is 3. The van der Waals surface area contributed by atoms with Crippen molar-refractivity contribution in [3.8, 4) is 11.5 Å². The Bertz CT molecular complexity index is 1310. The van der Waals surface area contributed by atoms with E-state index in [2.05, 4.69) is 0 Å². The van der Waals surface area contributed by atoms with E-state index in [4.69, 9.17) is 18.9 Å². The highest BCUT2D eigenvalue weighted by atomic mass is 32.2. The molecular formula is C28H34N2O8S. The Morgan fingerprint density at radius 1 is 0.821 bits per heavy atom. The van der Waals surface area contributed by atoms with Crippen LogP contribution in [-0.2, 0) is 19.5 Å². The topological polar surface area (TPSA) is 117 Å². The van der Waals surface area contributed by atoms with Gasteiger partial charge in [0.25, 0.3) is 5.69 Å². The van der Waals surface area contributed by atoms with Crippen molar-refractivity contribution in [2.24, 2.45) is 0 Å². The van der Waals surface area contributed by atoms with E-state index in [0.29, 0.717) is 24.7 Å². The van der Waals surface area contributed by atoms with Gasteiger partial charge in [-0.3, -0.25) is 10.1 Å². The highest BCUT2D eigenvalue weighted by Gasteiger charge is 2.32. The van der Waals surface area contributed by atoms with E-state index in [-0.39, 0.29) is 23.7 Å². The lowest BCUT2D eigenvalue weighted by molar-refractivity contribution is -0.384. The molecule has 0 unspecified atom stereocenters. The first-order valence-electron chi connectivity index (χ1n) is 12.5. The average Bonchev–Trinajstić information content (AvgIpc) is 2.95. The molecule has 0 spiro atoms. The highest BCUT2D eigenvalue weighted by Crippen LogP contribution is 2.35. The molecule has 11 heteroatoms. The van der Waals surface area contributed by atoms with Crippen LogP contribution >= 0.6 is 0 Å². The standard InChI is InChI=1S/C28H34N2O8S/c1-5-37-28(38-6-2)20-29(39(33,34)24-15-13-23(14-16-24)30(31)32)19-25(21-10-8-7-9-11-21)22-12-17-26(35-3)27(18-22)36-4/h7-18,25,28H,5-6,19-20H2,1-4H3/t25-/m0/s1. The second-order valence-corrected chi connectivity index (χ2v) is 10.4. The molecule has 0 radical (unpaired) electrons. The van der Waals surface area contributed by atoms with Gasteiger partial charge in [0, 0.05) is 37.8 Å². The summed E-state index contributed by atoms with van der Waals surface area (Å²) in [5.74, 6) is 0.668. The summed E-state index contributed by atoms with van der Waals surface area (Å²) >= 11 is 0. The van der Waals surface area contributed by atoms with Crippen molar-refractivity contribution in [3.63, 3.8) is 0 Å². The number of nitro groups is 1. The van der Waals surface area contributed by atoms with Crippen LogP contribution in [0.5, 0.6) is 11.5 Å². The van der Waals surface area contributed by atoms with Crippen LogP contribution in [0, 0.1) is 10.1 Å². The van der Waals surface area contributed by atoms with E-state index in [9.17, 15) is 18.5 Å². The molecule has 0 saturated carbocycles. The number of methoxy groups -OCH3 is 2. The summed E-state index contributed by atoms with van der Waals surface area (Å²) in [6, 6.07) is 19.9. The van der Waals surface area contributed by atoms with Crippen molar-refractivity contribution in [2.45, 2.75) is 31.0 Å². The molecule has 1 atom stereocenters. The predicted molar refractivity (Wildman–Crippen MR) is 147 cm³/mol. The van der Waals surface area contributed by atoms with Crippen molar-refractivity contribution in [2.75, 3.05) is 40.5 Å². The van der Waals surface area contributed by atoms with Gasteiger partial charge < -0.3 is 18.9 Å². The molecule has 0 amide bonds. The molecule has 10 nitrogen and oxygen atoms in total. The second kappa shape index (κ2) is 14.0. The van der Waals surface area contributed by atoms with Gasteiger partial charge in [-0.25, -0.2) is 8.42 Å². The van der Waals surface area contributed by atoms with Gasteiger partial charge in [-0.2, -0.15) is 4.31 Å². The summed E-state index contributed by atoms with van der Waals surface area (Å²) in [6.07, 6.45) is -0.811. The third-order valence-electron chi connectivity index (χ3n) is 6.14. The Morgan fingerprint density at radius 2 is 1.44 bits per heavy atom. The lowest BCUT2D eigenvalue weighted by Gasteiger charge is -2.30. The van der Waals surface area contributed by atoms with Gasteiger partial charge in [0.1, 0.15) is 0 Å². The monoisotopic (exact) mass is 558 g/mol. The van der Waals surface area contributed by atoms with Gasteiger partial charge in [-0.05, 0) is 49.2 Å². The summed E-state index contributed by atoms with van der Waals surface area (Å²) in [5, 5.41) is 11.1.